The summed E-state index contributed by atoms with van der Waals surface area (Å²) in [5, 5.41) is 3.05. The van der Waals surface area contributed by atoms with Gasteiger partial charge >= 0.3 is 6.09 Å². The fourth-order valence-electron chi connectivity index (χ4n) is 3.85. The highest BCUT2D eigenvalue weighted by Crippen LogP contribution is 2.41. The number of likely N-dealkylation sites (tertiary alicyclic amines) is 1. The van der Waals surface area contributed by atoms with E-state index in [0.717, 1.165) is 25.4 Å². The van der Waals surface area contributed by atoms with E-state index in [2.05, 4.69) is 34.5 Å². The molecule has 1 saturated heterocycles. The minimum absolute atomic E-state index is 0.0649. The molecule has 1 aliphatic carbocycles. The van der Waals surface area contributed by atoms with Gasteiger partial charge in [0.15, 0.2) is 0 Å². The third-order valence-electron chi connectivity index (χ3n) is 5.48. The smallest absolute Gasteiger partial charge is 0.407 e. The first-order chi connectivity index (χ1) is 12.7. The molecular weight excluding hydrogens is 338 g/mol. The highest BCUT2D eigenvalue weighted by atomic mass is 16.6. The average Bonchev–Trinajstić information content (AvgIpc) is 3.28. The Morgan fingerprint density at radius 3 is 2.41 bits per heavy atom. The SMILES string of the molecule is C[C@H](N)c1ccc(C(CC2CC2)N2CC[C@H](NC(=O)OC(C)(C)C)C2)cc1. The summed E-state index contributed by atoms with van der Waals surface area (Å²) in [7, 11) is 0. The van der Waals surface area contributed by atoms with E-state index >= 15 is 0 Å². The van der Waals surface area contributed by atoms with Crippen molar-refractivity contribution in [2.24, 2.45) is 11.7 Å². The van der Waals surface area contributed by atoms with Crippen molar-refractivity contribution in [1.29, 1.82) is 0 Å². The van der Waals surface area contributed by atoms with Gasteiger partial charge in [-0.15, -0.1) is 0 Å². The second-order valence-corrected chi connectivity index (χ2v) is 9.28. The van der Waals surface area contributed by atoms with Gasteiger partial charge in [-0.3, -0.25) is 4.90 Å². The third-order valence-corrected chi connectivity index (χ3v) is 5.48. The molecule has 1 aromatic rings. The molecule has 150 valence electrons. The molecule has 3 atom stereocenters. The molecule has 0 bridgehead atoms. The fraction of sp³-hybridized carbons (Fsp3) is 0.682. The number of carbonyl (C=O) groups is 1. The Morgan fingerprint density at radius 2 is 1.85 bits per heavy atom. The van der Waals surface area contributed by atoms with Crippen LogP contribution >= 0.6 is 0 Å². The van der Waals surface area contributed by atoms with E-state index in [1.807, 2.05) is 27.7 Å². The zero-order valence-corrected chi connectivity index (χ0v) is 17.2. The Bertz CT molecular complexity index is 632. The number of carbonyl (C=O) groups excluding carboxylic acids is 1. The summed E-state index contributed by atoms with van der Waals surface area (Å²) >= 11 is 0. The predicted molar refractivity (Wildman–Crippen MR) is 108 cm³/mol. The lowest BCUT2D eigenvalue weighted by atomic mass is 9.97. The summed E-state index contributed by atoms with van der Waals surface area (Å²) in [6.45, 7) is 9.59. The Morgan fingerprint density at radius 1 is 1.22 bits per heavy atom. The van der Waals surface area contributed by atoms with E-state index in [1.165, 1.54) is 30.4 Å². The van der Waals surface area contributed by atoms with Gasteiger partial charge in [0.25, 0.3) is 0 Å². The van der Waals surface area contributed by atoms with Gasteiger partial charge in [0.2, 0.25) is 0 Å². The van der Waals surface area contributed by atoms with Gasteiger partial charge in [-0.2, -0.15) is 0 Å². The van der Waals surface area contributed by atoms with Gasteiger partial charge in [-0.25, -0.2) is 4.79 Å². The van der Waals surface area contributed by atoms with Crippen molar-refractivity contribution < 1.29 is 9.53 Å². The number of hydrogen-bond donors (Lipinski definition) is 2. The largest absolute Gasteiger partial charge is 0.444 e. The molecule has 0 radical (unpaired) electrons. The van der Waals surface area contributed by atoms with Crippen LogP contribution in [-0.2, 0) is 4.74 Å². The number of nitrogens with zero attached hydrogens (tertiary/aromatic N) is 1. The van der Waals surface area contributed by atoms with Gasteiger partial charge in [0.1, 0.15) is 5.60 Å². The molecule has 1 heterocycles. The number of amides is 1. The van der Waals surface area contributed by atoms with Crippen LogP contribution in [0, 0.1) is 5.92 Å². The summed E-state index contributed by atoms with van der Waals surface area (Å²) in [5.74, 6) is 0.848. The van der Waals surface area contributed by atoms with Crippen LogP contribution < -0.4 is 11.1 Å². The minimum Gasteiger partial charge on any atom is -0.444 e. The van der Waals surface area contributed by atoms with E-state index in [9.17, 15) is 4.79 Å². The number of nitrogens with one attached hydrogen (secondary N) is 1. The van der Waals surface area contributed by atoms with E-state index in [0.29, 0.717) is 6.04 Å². The molecule has 2 fully saturated rings. The number of nitrogens with two attached hydrogens (primary N) is 1. The maximum absolute atomic E-state index is 12.1. The van der Waals surface area contributed by atoms with E-state index in [1.54, 1.807) is 0 Å². The monoisotopic (exact) mass is 373 g/mol. The molecule has 2 aliphatic rings. The predicted octanol–water partition coefficient (Wildman–Crippen LogP) is 4.15. The maximum Gasteiger partial charge on any atom is 0.407 e. The molecule has 3 rings (SSSR count). The van der Waals surface area contributed by atoms with Crippen molar-refractivity contribution in [1.82, 2.24) is 10.2 Å². The van der Waals surface area contributed by atoms with Crippen molar-refractivity contribution in [3.05, 3.63) is 35.4 Å². The number of alkyl carbamates (subject to hydrolysis) is 1. The van der Waals surface area contributed by atoms with Gasteiger partial charge in [-0.05, 0) is 57.6 Å². The zero-order valence-electron chi connectivity index (χ0n) is 17.2. The number of benzene rings is 1. The second kappa shape index (κ2) is 8.19. The maximum atomic E-state index is 12.1. The summed E-state index contributed by atoms with van der Waals surface area (Å²) in [6, 6.07) is 9.43. The standard InChI is InChI=1S/C22H35N3O2/c1-15(23)17-7-9-18(10-8-17)20(13-16-5-6-16)25-12-11-19(14-25)24-21(26)27-22(2,3)4/h7-10,15-16,19-20H,5-6,11-14,23H2,1-4H3,(H,24,26)/t15-,19-,20?/m0/s1. The number of ether oxygens (including phenoxy) is 1. The zero-order chi connectivity index (χ0) is 19.6. The molecule has 5 nitrogen and oxygen atoms in total. The highest BCUT2D eigenvalue weighted by Gasteiger charge is 2.34. The normalized spacial score (nSPS) is 23.1. The summed E-state index contributed by atoms with van der Waals surface area (Å²) in [5.41, 5.74) is 8.08. The van der Waals surface area contributed by atoms with Crippen LogP contribution in [0.1, 0.15) is 76.6 Å². The van der Waals surface area contributed by atoms with Crippen LogP contribution in [0.25, 0.3) is 0 Å². The van der Waals surface area contributed by atoms with Gasteiger partial charge in [-0.1, -0.05) is 37.1 Å². The summed E-state index contributed by atoms with van der Waals surface area (Å²) in [6.07, 6.45) is 4.56. The first kappa shape index (κ1) is 20.2. The molecule has 1 aliphatic heterocycles. The van der Waals surface area contributed by atoms with Crippen molar-refractivity contribution >= 4 is 6.09 Å². The van der Waals surface area contributed by atoms with Crippen LogP contribution in [0.2, 0.25) is 0 Å². The molecule has 1 aromatic carbocycles. The van der Waals surface area contributed by atoms with Crippen molar-refractivity contribution in [2.45, 2.75) is 77.1 Å². The molecule has 1 amide bonds. The molecule has 1 unspecified atom stereocenters. The molecule has 0 aromatic heterocycles. The molecular formula is C22H35N3O2. The highest BCUT2D eigenvalue weighted by molar-refractivity contribution is 5.68. The topological polar surface area (TPSA) is 67.6 Å². The van der Waals surface area contributed by atoms with Crippen molar-refractivity contribution in [3.63, 3.8) is 0 Å². The lowest BCUT2D eigenvalue weighted by Gasteiger charge is -2.29. The minimum atomic E-state index is -0.460. The first-order valence-electron chi connectivity index (χ1n) is 10.3. The van der Waals surface area contributed by atoms with E-state index < -0.39 is 5.60 Å². The average molecular weight is 374 g/mol. The quantitative estimate of drug-likeness (QED) is 0.786. The fourth-order valence-corrected chi connectivity index (χ4v) is 3.85. The van der Waals surface area contributed by atoms with Crippen LogP contribution in [0.5, 0.6) is 0 Å². The van der Waals surface area contributed by atoms with Gasteiger partial charge in [0, 0.05) is 31.2 Å². The van der Waals surface area contributed by atoms with Crippen molar-refractivity contribution in [2.75, 3.05) is 13.1 Å². The Balaban J connectivity index is 1.63. The van der Waals surface area contributed by atoms with E-state index in [4.69, 9.17) is 10.5 Å². The van der Waals surface area contributed by atoms with Crippen LogP contribution in [0.4, 0.5) is 4.79 Å². The Hall–Kier alpha value is -1.59. The molecule has 3 N–H and O–H groups in total. The third kappa shape index (κ3) is 5.94. The van der Waals surface area contributed by atoms with E-state index in [-0.39, 0.29) is 18.2 Å². The molecule has 27 heavy (non-hydrogen) atoms. The summed E-state index contributed by atoms with van der Waals surface area (Å²) in [4.78, 5) is 14.6. The van der Waals surface area contributed by atoms with Gasteiger partial charge < -0.3 is 15.8 Å². The summed E-state index contributed by atoms with van der Waals surface area (Å²) < 4.78 is 5.41. The lowest BCUT2D eigenvalue weighted by Crippen LogP contribution is -2.41. The van der Waals surface area contributed by atoms with Crippen LogP contribution in [0.15, 0.2) is 24.3 Å². The number of rotatable bonds is 6. The molecule has 0 spiro atoms. The Kier molecular flexibility index (Phi) is 6.11. The number of hydrogen-bond acceptors (Lipinski definition) is 4. The molecule has 5 heteroatoms. The lowest BCUT2D eigenvalue weighted by molar-refractivity contribution is 0.0504. The second-order valence-electron chi connectivity index (χ2n) is 9.28. The van der Waals surface area contributed by atoms with Crippen LogP contribution in [0.3, 0.4) is 0 Å². The molecule has 1 saturated carbocycles. The van der Waals surface area contributed by atoms with Crippen molar-refractivity contribution in [3.8, 4) is 0 Å². The van der Waals surface area contributed by atoms with Crippen LogP contribution in [-0.4, -0.2) is 35.7 Å². The first-order valence-corrected chi connectivity index (χ1v) is 10.3. The van der Waals surface area contributed by atoms with Gasteiger partial charge in [0.05, 0.1) is 0 Å². The Labute approximate surface area is 163 Å².